The molecule has 0 N–H and O–H groups in total. The maximum atomic E-state index is 13.3. The van der Waals surface area contributed by atoms with Crippen LogP contribution in [0, 0.1) is 18.6 Å². The predicted molar refractivity (Wildman–Crippen MR) is 78.3 cm³/mol. The van der Waals surface area contributed by atoms with E-state index in [0.29, 0.717) is 10.6 Å². The van der Waals surface area contributed by atoms with Crippen molar-refractivity contribution in [2.24, 2.45) is 0 Å². The van der Waals surface area contributed by atoms with E-state index in [1.54, 1.807) is 6.07 Å². The van der Waals surface area contributed by atoms with Crippen LogP contribution in [0.25, 0.3) is 0 Å². The molecule has 0 saturated heterocycles. The number of alkyl halides is 1. The Kier molecular flexibility index (Phi) is 4.49. The molecule has 0 radical (unpaired) electrons. The van der Waals surface area contributed by atoms with Gasteiger partial charge in [-0.05, 0) is 41.8 Å². The first-order chi connectivity index (χ1) is 8.90. The van der Waals surface area contributed by atoms with E-state index in [9.17, 15) is 8.78 Å². The van der Waals surface area contributed by atoms with Crippen molar-refractivity contribution in [2.45, 2.75) is 11.8 Å². The quantitative estimate of drug-likeness (QED) is 0.448. The first kappa shape index (κ1) is 14.8. The molecule has 19 heavy (non-hydrogen) atoms. The van der Waals surface area contributed by atoms with Crippen LogP contribution in [0.15, 0.2) is 30.3 Å². The van der Waals surface area contributed by atoms with Crippen molar-refractivity contribution in [3.8, 4) is 0 Å². The van der Waals surface area contributed by atoms with Crippen molar-refractivity contribution < 1.29 is 8.78 Å². The van der Waals surface area contributed by atoms with Crippen molar-refractivity contribution in [1.29, 1.82) is 0 Å². The van der Waals surface area contributed by atoms with Gasteiger partial charge in [0.05, 0.1) is 4.83 Å². The minimum atomic E-state index is -0.969. The fraction of sp³-hybridized carbons (Fsp3) is 0.143. The lowest BCUT2D eigenvalue weighted by atomic mass is 10.0. The highest BCUT2D eigenvalue weighted by Gasteiger charge is 2.19. The number of benzene rings is 2. The van der Waals surface area contributed by atoms with Crippen LogP contribution in [0.2, 0.25) is 10.0 Å². The van der Waals surface area contributed by atoms with E-state index in [1.165, 1.54) is 0 Å². The zero-order chi connectivity index (χ0) is 14.2. The van der Waals surface area contributed by atoms with Crippen LogP contribution in [0.5, 0.6) is 0 Å². The standard InChI is InChI=1S/C14H9BrCl2F2/c1-7-2-3-8(10(16)4-7)14(15)9-5-12(18)13(19)6-11(9)17/h2-6,14H,1H3. The summed E-state index contributed by atoms with van der Waals surface area (Å²) >= 11 is 15.5. The third-order valence-corrected chi connectivity index (χ3v) is 4.38. The Morgan fingerprint density at radius 3 is 2.16 bits per heavy atom. The van der Waals surface area contributed by atoms with E-state index in [4.69, 9.17) is 23.2 Å². The van der Waals surface area contributed by atoms with E-state index < -0.39 is 16.5 Å². The molecule has 0 spiro atoms. The first-order valence-electron chi connectivity index (χ1n) is 5.44. The average molecular weight is 366 g/mol. The van der Waals surface area contributed by atoms with Gasteiger partial charge in [-0.2, -0.15) is 0 Å². The fourth-order valence-corrected chi connectivity index (χ4v) is 3.38. The second-order valence-corrected chi connectivity index (χ2v) is 5.91. The van der Waals surface area contributed by atoms with Crippen LogP contribution in [0.3, 0.4) is 0 Å². The Labute approximate surface area is 128 Å². The van der Waals surface area contributed by atoms with E-state index in [-0.39, 0.29) is 5.02 Å². The molecular formula is C14H9BrCl2F2. The number of halogens is 5. The van der Waals surface area contributed by atoms with Gasteiger partial charge < -0.3 is 0 Å². The van der Waals surface area contributed by atoms with Gasteiger partial charge in [-0.15, -0.1) is 0 Å². The molecular weight excluding hydrogens is 357 g/mol. The molecule has 0 fully saturated rings. The second kappa shape index (κ2) is 5.78. The van der Waals surface area contributed by atoms with E-state index in [2.05, 4.69) is 15.9 Å². The maximum absolute atomic E-state index is 13.3. The lowest BCUT2D eigenvalue weighted by molar-refractivity contribution is 0.507. The number of rotatable bonds is 2. The minimum Gasteiger partial charge on any atom is -0.204 e. The third kappa shape index (κ3) is 3.10. The van der Waals surface area contributed by atoms with Crippen molar-refractivity contribution in [1.82, 2.24) is 0 Å². The summed E-state index contributed by atoms with van der Waals surface area (Å²) in [4.78, 5) is -0.400. The average Bonchev–Trinajstić information content (AvgIpc) is 2.33. The smallest absolute Gasteiger partial charge is 0.160 e. The lowest BCUT2D eigenvalue weighted by Crippen LogP contribution is -1.98. The molecule has 0 saturated carbocycles. The summed E-state index contributed by atoms with van der Waals surface area (Å²) in [7, 11) is 0. The van der Waals surface area contributed by atoms with E-state index in [0.717, 1.165) is 23.3 Å². The highest BCUT2D eigenvalue weighted by Crippen LogP contribution is 2.39. The topological polar surface area (TPSA) is 0 Å². The molecule has 0 nitrogen and oxygen atoms in total. The summed E-state index contributed by atoms with van der Waals surface area (Å²) in [6, 6.07) is 7.56. The molecule has 0 aliphatic rings. The summed E-state index contributed by atoms with van der Waals surface area (Å²) < 4.78 is 26.4. The third-order valence-electron chi connectivity index (χ3n) is 2.74. The van der Waals surface area contributed by atoms with Crippen LogP contribution >= 0.6 is 39.1 Å². The number of hydrogen-bond donors (Lipinski definition) is 0. The first-order valence-corrected chi connectivity index (χ1v) is 7.12. The van der Waals surface area contributed by atoms with Gasteiger partial charge in [0, 0.05) is 10.0 Å². The second-order valence-electron chi connectivity index (χ2n) is 4.18. The van der Waals surface area contributed by atoms with E-state index in [1.807, 2.05) is 19.1 Å². The molecule has 0 heterocycles. The number of hydrogen-bond acceptors (Lipinski definition) is 0. The van der Waals surface area contributed by atoms with Gasteiger partial charge in [-0.3, -0.25) is 0 Å². The van der Waals surface area contributed by atoms with Gasteiger partial charge in [-0.25, -0.2) is 8.78 Å². The molecule has 2 aromatic carbocycles. The van der Waals surface area contributed by atoms with Crippen LogP contribution in [-0.4, -0.2) is 0 Å². The Morgan fingerprint density at radius 2 is 1.53 bits per heavy atom. The van der Waals surface area contributed by atoms with Crippen molar-refractivity contribution in [3.05, 3.63) is 68.7 Å². The molecule has 1 unspecified atom stereocenters. The summed E-state index contributed by atoms with van der Waals surface area (Å²) in [5.74, 6) is -1.91. The summed E-state index contributed by atoms with van der Waals surface area (Å²) in [6.07, 6.45) is 0. The Morgan fingerprint density at radius 1 is 0.947 bits per heavy atom. The minimum absolute atomic E-state index is 0.150. The van der Waals surface area contributed by atoms with Crippen molar-refractivity contribution >= 4 is 39.1 Å². The lowest BCUT2D eigenvalue weighted by Gasteiger charge is -2.15. The molecule has 2 aromatic rings. The highest BCUT2D eigenvalue weighted by atomic mass is 79.9. The van der Waals surface area contributed by atoms with Crippen LogP contribution in [0.4, 0.5) is 8.78 Å². The molecule has 2 rings (SSSR count). The fourth-order valence-electron chi connectivity index (χ4n) is 1.74. The van der Waals surface area contributed by atoms with Crippen LogP contribution in [0.1, 0.15) is 21.5 Å². The van der Waals surface area contributed by atoms with Gasteiger partial charge in [0.25, 0.3) is 0 Å². The largest absolute Gasteiger partial charge is 0.204 e. The molecule has 0 aliphatic heterocycles. The molecule has 0 aromatic heterocycles. The Hall–Kier alpha value is -0.640. The van der Waals surface area contributed by atoms with Crippen molar-refractivity contribution in [2.75, 3.05) is 0 Å². The summed E-state index contributed by atoms with van der Waals surface area (Å²) in [5.41, 5.74) is 2.20. The van der Waals surface area contributed by atoms with Gasteiger partial charge in [0.1, 0.15) is 0 Å². The number of aryl methyl sites for hydroxylation is 1. The van der Waals surface area contributed by atoms with Gasteiger partial charge in [0.15, 0.2) is 11.6 Å². The summed E-state index contributed by atoms with van der Waals surface area (Å²) in [6.45, 7) is 1.92. The normalized spacial score (nSPS) is 12.5. The highest BCUT2D eigenvalue weighted by molar-refractivity contribution is 9.09. The van der Waals surface area contributed by atoms with Gasteiger partial charge in [-0.1, -0.05) is 51.3 Å². The van der Waals surface area contributed by atoms with Gasteiger partial charge >= 0.3 is 0 Å². The summed E-state index contributed by atoms with van der Waals surface area (Å²) in [5, 5.41) is 0.695. The molecule has 5 heteroatoms. The molecule has 1 atom stereocenters. The Bertz CT molecular complexity index is 629. The molecule has 0 amide bonds. The SMILES string of the molecule is Cc1ccc(C(Br)c2cc(F)c(F)cc2Cl)c(Cl)c1. The predicted octanol–water partition coefficient (Wildman–Crippen LogP) is 6.06. The van der Waals surface area contributed by atoms with Crippen LogP contribution in [-0.2, 0) is 0 Å². The molecule has 0 bridgehead atoms. The van der Waals surface area contributed by atoms with Crippen LogP contribution < -0.4 is 0 Å². The molecule has 0 aliphatic carbocycles. The zero-order valence-electron chi connectivity index (χ0n) is 9.85. The Balaban J connectivity index is 2.49. The van der Waals surface area contributed by atoms with Gasteiger partial charge in [0.2, 0.25) is 0 Å². The molecule has 100 valence electrons. The van der Waals surface area contributed by atoms with E-state index >= 15 is 0 Å². The zero-order valence-corrected chi connectivity index (χ0v) is 13.0. The monoisotopic (exact) mass is 364 g/mol. The maximum Gasteiger partial charge on any atom is 0.160 e. The van der Waals surface area contributed by atoms with Crippen molar-refractivity contribution in [3.63, 3.8) is 0 Å².